The number of hydrogen-bond donors (Lipinski definition) is 1. The Bertz CT molecular complexity index is 420. The third kappa shape index (κ3) is 2.71. The van der Waals surface area contributed by atoms with Gasteiger partial charge in [-0.1, -0.05) is 13.8 Å². The van der Waals surface area contributed by atoms with Crippen molar-refractivity contribution in [2.24, 2.45) is 11.3 Å². The topological polar surface area (TPSA) is 37.3 Å². The van der Waals surface area contributed by atoms with E-state index < -0.39 is 5.97 Å². The van der Waals surface area contributed by atoms with E-state index >= 15 is 0 Å². The summed E-state index contributed by atoms with van der Waals surface area (Å²) < 4.78 is 0. The SMILES string of the molecule is Cc1ccc(C2CC(C)(C)CCC2C(=O)O)s1. The van der Waals surface area contributed by atoms with Crippen LogP contribution < -0.4 is 0 Å². The molecule has 0 saturated heterocycles. The Morgan fingerprint density at radius 1 is 1.47 bits per heavy atom. The Morgan fingerprint density at radius 3 is 2.71 bits per heavy atom. The monoisotopic (exact) mass is 252 g/mol. The van der Waals surface area contributed by atoms with Crippen molar-refractivity contribution in [2.45, 2.75) is 46.0 Å². The summed E-state index contributed by atoms with van der Waals surface area (Å²) in [5.74, 6) is -0.618. The van der Waals surface area contributed by atoms with Gasteiger partial charge in [-0.3, -0.25) is 4.79 Å². The molecule has 2 unspecified atom stereocenters. The first-order chi connectivity index (χ1) is 7.89. The molecular formula is C14H20O2S. The zero-order chi connectivity index (χ0) is 12.6. The van der Waals surface area contributed by atoms with Gasteiger partial charge in [0.25, 0.3) is 0 Å². The van der Waals surface area contributed by atoms with Crippen molar-refractivity contribution in [3.8, 4) is 0 Å². The quantitative estimate of drug-likeness (QED) is 0.862. The average Bonchev–Trinajstić information content (AvgIpc) is 2.62. The number of thiophene rings is 1. The van der Waals surface area contributed by atoms with E-state index in [0.29, 0.717) is 0 Å². The third-order valence-electron chi connectivity index (χ3n) is 3.83. The van der Waals surface area contributed by atoms with E-state index in [1.165, 1.54) is 9.75 Å². The molecule has 0 aliphatic heterocycles. The predicted octanol–water partition coefficient (Wildman–Crippen LogP) is 4.05. The summed E-state index contributed by atoms with van der Waals surface area (Å²) in [5.41, 5.74) is 0.272. The van der Waals surface area contributed by atoms with Crippen LogP contribution in [0.4, 0.5) is 0 Å². The minimum Gasteiger partial charge on any atom is -0.481 e. The van der Waals surface area contributed by atoms with Gasteiger partial charge in [0.05, 0.1) is 5.92 Å². The van der Waals surface area contributed by atoms with E-state index in [2.05, 4.69) is 32.9 Å². The molecular weight excluding hydrogens is 232 g/mol. The van der Waals surface area contributed by atoms with Crippen LogP contribution in [0.25, 0.3) is 0 Å². The fourth-order valence-corrected chi connectivity index (χ4v) is 3.88. The summed E-state index contributed by atoms with van der Waals surface area (Å²) in [5, 5.41) is 9.35. The first-order valence-electron chi connectivity index (χ1n) is 6.18. The van der Waals surface area contributed by atoms with Crippen molar-refractivity contribution in [1.82, 2.24) is 0 Å². The number of carboxylic acid groups (broad SMARTS) is 1. The minimum atomic E-state index is -0.628. The molecule has 0 bridgehead atoms. The fourth-order valence-electron chi connectivity index (χ4n) is 2.83. The molecule has 0 spiro atoms. The van der Waals surface area contributed by atoms with Gasteiger partial charge in [0.2, 0.25) is 0 Å². The van der Waals surface area contributed by atoms with Crippen LogP contribution in [0.3, 0.4) is 0 Å². The molecule has 2 rings (SSSR count). The maximum atomic E-state index is 11.4. The number of carbonyl (C=O) groups is 1. The maximum Gasteiger partial charge on any atom is 0.307 e. The van der Waals surface area contributed by atoms with Crippen molar-refractivity contribution in [3.05, 3.63) is 21.9 Å². The fraction of sp³-hybridized carbons (Fsp3) is 0.643. The summed E-state index contributed by atoms with van der Waals surface area (Å²) in [6.07, 6.45) is 2.82. The first kappa shape index (κ1) is 12.6. The lowest BCUT2D eigenvalue weighted by Crippen LogP contribution is -2.32. The summed E-state index contributed by atoms with van der Waals surface area (Å²) in [7, 11) is 0. The lowest BCUT2D eigenvalue weighted by molar-refractivity contribution is -0.144. The van der Waals surface area contributed by atoms with Gasteiger partial charge in [-0.25, -0.2) is 0 Å². The van der Waals surface area contributed by atoms with Crippen LogP contribution in [0.2, 0.25) is 0 Å². The molecule has 1 aliphatic rings. The number of rotatable bonds is 2. The van der Waals surface area contributed by atoms with Crippen LogP contribution in [0, 0.1) is 18.3 Å². The van der Waals surface area contributed by atoms with E-state index in [-0.39, 0.29) is 17.3 Å². The second kappa shape index (κ2) is 4.45. The van der Waals surface area contributed by atoms with Gasteiger partial charge >= 0.3 is 5.97 Å². The molecule has 1 aliphatic carbocycles. The average molecular weight is 252 g/mol. The molecule has 1 saturated carbocycles. The van der Waals surface area contributed by atoms with Gasteiger partial charge in [-0.2, -0.15) is 0 Å². The van der Waals surface area contributed by atoms with Gasteiger partial charge in [-0.05, 0) is 43.7 Å². The molecule has 1 aromatic rings. The summed E-state index contributed by atoms with van der Waals surface area (Å²) >= 11 is 1.75. The van der Waals surface area contributed by atoms with E-state index in [1.54, 1.807) is 11.3 Å². The van der Waals surface area contributed by atoms with E-state index in [4.69, 9.17) is 0 Å². The predicted molar refractivity (Wildman–Crippen MR) is 70.6 cm³/mol. The Kier molecular flexibility index (Phi) is 3.30. The highest BCUT2D eigenvalue weighted by molar-refractivity contribution is 7.12. The molecule has 1 aromatic heterocycles. The minimum absolute atomic E-state index is 0.193. The van der Waals surface area contributed by atoms with Crippen molar-refractivity contribution < 1.29 is 9.90 Å². The summed E-state index contributed by atoms with van der Waals surface area (Å²) in [6.45, 7) is 6.58. The highest BCUT2D eigenvalue weighted by Crippen LogP contribution is 2.48. The van der Waals surface area contributed by atoms with Crippen LogP contribution in [-0.4, -0.2) is 11.1 Å². The molecule has 2 atom stereocenters. The van der Waals surface area contributed by atoms with Crippen LogP contribution >= 0.6 is 11.3 Å². The molecule has 1 fully saturated rings. The normalized spacial score (nSPS) is 27.9. The molecule has 1 heterocycles. The Morgan fingerprint density at radius 2 is 2.18 bits per heavy atom. The zero-order valence-corrected chi connectivity index (χ0v) is 11.5. The Hall–Kier alpha value is -0.830. The zero-order valence-electron chi connectivity index (χ0n) is 10.7. The number of hydrogen-bond acceptors (Lipinski definition) is 2. The largest absolute Gasteiger partial charge is 0.481 e. The number of aliphatic carboxylic acids is 1. The van der Waals surface area contributed by atoms with Crippen LogP contribution in [0.5, 0.6) is 0 Å². The molecule has 3 heteroatoms. The highest BCUT2D eigenvalue weighted by atomic mass is 32.1. The number of aryl methyl sites for hydroxylation is 1. The number of carboxylic acids is 1. The summed E-state index contributed by atoms with van der Waals surface area (Å²) in [6, 6.07) is 4.21. The van der Waals surface area contributed by atoms with Crippen molar-refractivity contribution in [1.29, 1.82) is 0 Å². The molecule has 0 amide bonds. The van der Waals surface area contributed by atoms with Crippen LogP contribution in [-0.2, 0) is 4.79 Å². The van der Waals surface area contributed by atoms with Crippen molar-refractivity contribution >= 4 is 17.3 Å². The maximum absolute atomic E-state index is 11.4. The van der Waals surface area contributed by atoms with Crippen molar-refractivity contribution in [3.63, 3.8) is 0 Å². The van der Waals surface area contributed by atoms with E-state index in [9.17, 15) is 9.90 Å². The lowest BCUT2D eigenvalue weighted by Gasteiger charge is -2.38. The first-order valence-corrected chi connectivity index (χ1v) is 7.00. The van der Waals surface area contributed by atoms with E-state index in [0.717, 1.165) is 19.3 Å². The van der Waals surface area contributed by atoms with E-state index in [1.807, 2.05) is 0 Å². The molecule has 2 nitrogen and oxygen atoms in total. The Labute approximate surface area is 107 Å². The summed E-state index contributed by atoms with van der Waals surface area (Å²) in [4.78, 5) is 13.9. The third-order valence-corrected chi connectivity index (χ3v) is 4.97. The van der Waals surface area contributed by atoms with Gasteiger partial charge in [0.1, 0.15) is 0 Å². The standard InChI is InChI=1S/C14H20O2S/c1-9-4-5-12(17-9)11-8-14(2,3)7-6-10(11)13(15)16/h4-5,10-11H,6-8H2,1-3H3,(H,15,16). The molecule has 17 heavy (non-hydrogen) atoms. The van der Waals surface area contributed by atoms with Gasteiger partial charge in [-0.15, -0.1) is 11.3 Å². The molecule has 1 N–H and O–H groups in total. The highest BCUT2D eigenvalue weighted by Gasteiger charge is 2.39. The van der Waals surface area contributed by atoms with Gasteiger partial charge < -0.3 is 5.11 Å². The molecule has 0 radical (unpaired) electrons. The second-order valence-corrected chi connectivity index (χ2v) is 7.23. The lowest BCUT2D eigenvalue weighted by atomic mass is 9.67. The Balaban J connectivity index is 2.28. The van der Waals surface area contributed by atoms with Crippen molar-refractivity contribution in [2.75, 3.05) is 0 Å². The second-order valence-electron chi connectivity index (χ2n) is 5.91. The molecule has 94 valence electrons. The smallest absolute Gasteiger partial charge is 0.307 e. The van der Waals surface area contributed by atoms with Crippen LogP contribution in [0.15, 0.2) is 12.1 Å². The van der Waals surface area contributed by atoms with Gasteiger partial charge in [0, 0.05) is 15.7 Å². The van der Waals surface area contributed by atoms with Crippen LogP contribution in [0.1, 0.15) is 48.8 Å². The molecule has 0 aromatic carbocycles. The van der Waals surface area contributed by atoms with Gasteiger partial charge in [0.15, 0.2) is 0 Å².